The monoisotopic (exact) mass is 235 g/mol. The highest BCUT2D eigenvalue weighted by Gasteiger charge is 2.26. The van der Waals surface area contributed by atoms with Crippen LogP contribution in [0.3, 0.4) is 0 Å². The van der Waals surface area contributed by atoms with Crippen LogP contribution in [0, 0.1) is 0 Å². The first-order valence-electron chi connectivity index (χ1n) is 3.79. The van der Waals surface area contributed by atoms with Crippen LogP contribution in [-0.2, 0) is 10.0 Å². The molecular weight excluding hydrogens is 224 g/mol. The van der Waals surface area contributed by atoms with Gasteiger partial charge in [-0.05, 0) is 12.8 Å². The maximum atomic E-state index is 11.9. The molecular formula is C6H12ClF2NO2S. The Morgan fingerprint density at radius 1 is 1.46 bits per heavy atom. The van der Waals surface area contributed by atoms with Gasteiger partial charge in [-0.1, -0.05) is 6.92 Å². The molecule has 0 bridgehead atoms. The van der Waals surface area contributed by atoms with E-state index in [1.54, 1.807) is 6.92 Å². The normalized spacial score (nSPS) is 14.8. The summed E-state index contributed by atoms with van der Waals surface area (Å²) >= 11 is 5.36. The molecule has 7 heteroatoms. The molecule has 0 aromatic heterocycles. The zero-order valence-electron chi connectivity index (χ0n) is 7.13. The first kappa shape index (κ1) is 13.1. The third-order valence-corrected chi connectivity index (χ3v) is 2.87. The van der Waals surface area contributed by atoms with Gasteiger partial charge in [-0.15, -0.1) is 11.6 Å². The Morgan fingerprint density at radius 2 is 2.00 bits per heavy atom. The summed E-state index contributed by atoms with van der Waals surface area (Å²) in [6.45, 7) is 1.70. The fourth-order valence-corrected chi connectivity index (χ4v) is 1.88. The second-order valence-electron chi connectivity index (χ2n) is 2.51. The third kappa shape index (κ3) is 4.73. The molecule has 0 aliphatic rings. The second kappa shape index (κ2) is 5.72. The number of alkyl halides is 3. The third-order valence-electron chi connectivity index (χ3n) is 1.52. The highest BCUT2D eigenvalue weighted by molar-refractivity contribution is 7.89. The minimum Gasteiger partial charge on any atom is -0.207 e. The molecule has 0 radical (unpaired) electrons. The molecule has 80 valence electrons. The van der Waals surface area contributed by atoms with Crippen LogP contribution >= 0.6 is 11.6 Å². The van der Waals surface area contributed by atoms with E-state index in [4.69, 9.17) is 11.6 Å². The van der Waals surface area contributed by atoms with E-state index in [0.717, 1.165) is 0 Å². The van der Waals surface area contributed by atoms with Crippen molar-refractivity contribution in [3.63, 3.8) is 0 Å². The molecule has 3 nitrogen and oxygen atoms in total. The molecule has 1 N–H and O–H groups in total. The largest absolute Gasteiger partial charge is 0.350 e. The van der Waals surface area contributed by atoms with Gasteiger partial charge in [0.25, 0.3) is 10.0 Å². The standard InChI is InChI=1S/C6H12ClF2NO2S/c1-2-5(3-4-7)10-13(11,12)6(8)9/h5-6,10H,2-4H2,1H3. The topological polar surface area (TPSA) is 46.2 Å². The van der Waals surface area contributed by atoms with Gasteiger partial charge in [0, 0.05) is 11.9 Å². The Bertz CT molecular complexity index is 233. The van der Waals surface area contributed by atoms with Gasteiger partial charge < -0.3 is 0 Å². The Kier molecular flexibility index (Phi) is 5.75. The van der Waals surface area contributed by atoms with Crippen LogP contribution in [-0.4, -0.2) is 26.1 Å². The Balaban J connectivity index is 4.23. The fourth-order valence-electron chi connectivity index (χ4n) is 0.762. The Morgan fingerprint density at radius 3 is 2.31 bits per heavy atom. The molecule has 0 aromatic carbocycles. The SMILES string of the molecule is CCC(CCCl)NS(=O)(=O)C(F)F. The van der Waals surface area contributed by atoms with E-state index >= 15 is 0 Å². The summed E-state index contributed by atoms with van der Waals surface area (Å²) in [5, 5.41) is 0. The second-order valence-corrected chi connectivity index (χ2v) is 4.57. The van der Waals surface area contributed by atoms with Crippen molar-refractivity contribution in [2.24, 2.45) is 0 Å². The predicted molar refractivity (Wildman–Crippen MR) is 47.5 cm³/mol. The number of sulfonamides is 1. The van der Waals surface area contributed by atoms with Gasteiger partial charge in [-0.25, -0.2) is 13.1 Å². The lowest BCUT2D eigenvalue weighted by Gasteiger charge is -2.14. The van der Waals surface area contributed by atoms with E-state index in [1.807, 2.05) is 4.72 Å². The van der Waals surface area contributed by atoms with Crippen LogP contribution in [0.4, 0.5) is 8.78 Å². The highest BCUT2D eigenvalue weighted by Crippen LogP contribution is 2.07. The molecule has 0 saturated carbocycles. The van der Waals surface area contributed by atoms with Crippen molar-refractivity contribution in [2.75, 3.05) is 5.88 Å². The van der Waals surface area contributed by atoms with Crippen molar-refractivity contribution in [1.82, 2.24) is 4.72 Å². The fraction of sp³-hybridized carbons (Fsp3) is 1.00. The van der Waals surface area contributed by atoms with Crippen LogP contribution in [0.15, 0.2) is 0 Å². The minimum absolute atomic E-state index is 0.240. The summed E-state index contributed by atoms with van der Waals surface area (Å²) < 4.78 is 47.0. The number of hydrogen-bond donors (Lipinski definition) is 1. The number of halogens is 3. The van der Waals surface area contributed by atoms with E-state index in [1.165, 1.54) is 0 Å². The molecule has 0 aliphatic carbocycles. The molecule has 0 aromatic rings. The Hall–Kier alpha value is 0.0600. The first-order chi connectivity index (χ1) is 5.94. The van der Waals surface area contributed by atoms with Crippen LogP contribution in [0.1, 0.15) is 19.8 Å². The van der Waals surface area contributed by atoms with Gasteiger partial charge in [0.2, 0.25) is 0 Å². The van der Waals surface area contributed by atoms with E-state index < -0.39 is 21.8 Å². The average molecular weight is 236 g/mol. The summed E-state index contributed by atoms with van der Waals surface area (Å²) in [4.78, 5) is 0. The highest BCUT2D eigenvalue weighted by atomic mass is 35.5. The average Bonchev–Trinajstić information content (AvgIpc) is 2.03. The minimum atomic E-state index is -4.47. The van der Waals surface area contributed by atoms with Gasteiger partial charge in [0.15, 0.2) is 0 Å². The summed E-state index contributed by atoms with van der Waals surface area (Å²) in [5.41, 5.74) is 0. The van der Waals surface area contributed by atoms with E-state index in [-0.39, 0.29) is 5.88 Å². The van der Waals surface area contributed by atoms with Crippen molar-refractivity contribution < 1.29 is 17.2 Å². The lowest BCUT2D eigenvalue weighted by Crippen LogP contribution is -2.38. The smallest absolute Gasteiger partial charge is 0.207 e. The van der Waals surface area contributed by atoms with Crippen LogP contribution in [0.2, 0.25) is 0 Å². The van der Waals surface area contributed by atoms with Crippen LogP contribution < -0.4 is 4.72 Å². The van der Waals surface area contributed by atoms with Crippen molar-refractivity contribution >= 4 is 21.6 Å². The molecule has 0 rings (SSSR count). The molecule has 0 aliphatic heterocycles. The maximum Gasteiger partial charge on any atom is 0.350 e. The van der Waals surface area contributed by atoms with Crippen LogP contribution in [0.25, 0.3) is 0 Å². The van der Waals surface area contributed by atoms with Crippen molar-refractivity contribution in [1.29, 1.82) is 0 Å². The maximum absolute atomic E-state index is 11.9. The molecule has 1 unspecified atom stereocenters. The molecule has 0 saturated heterocycles. The zero-order valence-corrected chi connectivity index (χ0v) is 8.71. The van der Waals surface area contributed by atoms with Gasteiger partial charge in [0.1, 0.15) is 0 Å². The molecule has 1 atom stereocenters. The lowest BCUT2D eigenvalue weighted by molar-refractivity contribution is 0.231. The summed E-state index contributed by atoms with van der Waals surface area (Å²) in [7, 11) is -4.47. The number of hydrogen-bond acceptors (Lipinski definition) is 2. The quantitative estimate of drug-likeness (QED) is 0.710. The van der Waals surface area contributed by atoms with Gasteiger partial charge in [-0.3, -0.25) is 0 Å². The molecule has 0 amide bonds. The molecule has 0 spiro atoms. The van der Waals surface area contributed by atoms with Crippen molar-refractivity contribution in [2.45, 2.75) is 31.6 Å². The zero-order chi connectivity index (χ0) is 10.5. The number of rotatable bonds is 6. The van der Waals surface area contributed by atoms with Gasteiger partial charge >= 0.3 is 5.76 Å². The molecule has 13 heavy (non-hydrogen) atoms. The summed E-state index contributed by atoms with van der Waals surface area (Å²) in [6.07, 6.45) is 0.794. The van der Waals surface area contributed by atoms with Gasteiger partial charge in [-0.2, -0.15) is 8.78 Å². The van der Waals surface area contributed by atoms with E-state index in [9.17, 15) is 17.2 Å². The van der Waals surface area contributed by atoms with E-state index in [2.05, 4.69) is 0 Å². The lowest BCUT2D eigenvalue weighted by atomic mass is 10.2. The van der Waals surface area contributed by atoms with Gasteiger partial charge in [0.05, 0.1) is 0 Å². The predicted octanol–water partition coefficient (Wildman–Crippen LogP) is 1.54. The summed E-state index contributed by atoms with van der Waals surface area (Å²) in [6, 6.07) is -0.503. The van der Waals surface area contributed by atoms with Crippen molar-refractivity contribution in [3.05, 3.63) is 0 Å². The van der Waals surface area contributed by atoms with Crippen molar-refractivity contribution in [3.8, 4) is 0 Å². The number of nitrogens with one attached hydrogen (secondary N) is 1. The summed E-state index contributed by atoms with van der Waals surface area (Å²) in [5.74, 6) is -3.14. The molecule has 0 heterocycles. The molecule has 0 fully saturated rings. The van der Waals surface area contributed by atoms with Crippen LogP contribution in [0.5, 0.6) is 0 Å². The Labute approximate surface area is 81.5 Å². The first-order valence-corrected chi connectivity index (χ1v) is 5.87. The van der Waals surface area contributed by atoms with E-state index in [0.29, 0.717) is 12.8 Å².